The van der Waals surface area contributed by atoms with Gasteiger partial charge in [0.15, 0.2) is 5.75 Å². The van der Waals surface area contributed by atoms with Crippen LogP contribution in [0, 0.1) is 0 Å². The molecule has 1 unspecified atom stereocenters. The summed E-state index contributed by atoms with van der Waals surface area (Å²) in [4.78, 5) is 24.7. The highest BCUT2D eigenvalue weighted by Crippen LogP contribution is 2.15. The predicted molar refractivity (Wildman–Crippen MR) is 91.3 cm³/mol. The van der Waals surface area contributed by atoms with Crippen LogP contribution in [0.15, 0.2) is 47.4 Å². The van der Waals surface area contributed by atoms with Gasteiger partial charge in [0.1, 0.15) is 6.04 Å². The van der Waals surface area contributed by atoms with Crippen molar-refractivity contribution in [1.29, 1.82) is 0 Å². The van der Waals surface area contributed by atoms with Crippen LogP contribution in [0.25, 0.3) is 0 Å². The highest BCUT2D eigenvalue weighted by molar-refractivity contribution is 6.30. The fourth-order valence-corrected chi connectivity index (χ4v) is 2.15. The summed E-state index contributed by atoms with van der Waals surface area (Å²) in [5.41, 5.74) is 0.303. The zero-order chi connectivity index (χ0) is 16.8. The summed E-state index contributed by atoms with van der Waals surface area (Å²) in [6.07, 6.45) is 2.38. The van der Waals surface area contributed by atoms with Crippen molar-refractivity contribution in [1.82, 2.24) is 4.57 Å². The molecule has 1 N–H and O–H groups in total. The third-order valence-corrected chi connectivity index (χ3v) is 3.56. The van der Waals surface area contributed by atoms with E-state index in [1.54, 1.807) is 49.5 Å². The summed E-state index contributed by atoms with van der Waals surface area (Å²) in [7, 11) is 0. The van der Waals surface area contributed by atoms with E-state index >= 15 is 0 Å². The van der Waals surface area contributed by atoms with E-state index in [1.165, 1.54) is 4.57 Å². The second kappa shape index (κ2) is 7.83. The minimum Gasteiger partial charge on any atom is -0.488 e. The van der Waals surface area contributed by atoms with Gasteiger partial charge in [-0.1, -0.05) is 18.5 Å². The molecule has 2 rings (SSSR count). The Labute approximate surface area is 139 Å². The molecule has 0 saturated carbocycles. The van der Waals surface area contributed by atoms with Crippen LogP contribution in [-0.2, 0) is 4.79 Å². The molecule has 2 aromatic rings. The third-order valence-electron chi connectivity index (χ3n) is 3.31. The highest BCUT2D eigenvalue weighted by atomic mass is 35.5. The van der Waals surface area contributed by atoms with Crippen molar-refractivity contribution in [3.8, 4) is 5.75 Å². The van der Waals surface area contributed by atoms with Crippen molar-refractivity contribution < 1.29 is 9.53 Å². The minimum absolute atomic E-state index is 0.250. The number of halogens is 1. The van der Waals surface area contributed by atoms with Crippen molar-refractivity contribution in [2.75, 3.05) is 11.9 Å². The Bertz CT molecular complexity index is 725. The van der Waals surface area contributed by atoms with E-state index in [0.717, 1.165) is 6.42 Å². The normalized spacial score (nSPS) is 11.8. The number of ether oxygens (including phenoxy) is 1. The van der Waals surface area contributed by atoms with Gasteiger partial charge in [0.05, 0.1) is 6.61 Å². The van der Waals surface area contributed by atoms with Gasteiger partial charge in [-0.3, -0.25) is 9.59 Å². The molecule has 0 bridgehead atoms. The first-order chi connectivity index (χ1) is 11.0. The molecule has 0 aliphatic rings. The molecule has 0 radical (unpaired) electrons. The summed E-state index contributed by atoms with van der Waals surface area (Å²) in [5.74, 6) is -0.0393. The number of rotatable bonds is 6. The maximum atomic E-state index is 12.4. The van der Waals surface area contributed by atoms with Crippen LogP contribution in [0.3, 0.4) is 0 Å². The topological polar surface area (TPSA) is 60.3 Å². The third kappa shape index (κ3) is 4.36. The predicted octanol–water partition coefficient (Wildman–Crippen LogP) is 3.49. The van der Waals surface area contributed by atoms with Crippen LogP contribution < -0.4 is 15.6 Å². The van der Waals surface area contributed by atoms with Gasteiger partial charge >= 0.3 is 0 Å². The molecule has 1 atom stereocenters. The van der Waals surface area contributed by atoms with Gasteiger partial charge in [0.25, 0.3) is 5.56 Å². The Balaban J connectivity index is 2.16. The number of hydrogen-bond donors (Lipinski definition) is 1. The second-order valence-corrected chi connectivity index (χ2v) is 5.54. The Morgan fingerprint density at radius 1 is 1.30 bits per heavy atom. The maximum Gasteiger partial charge on any atom is 0.293 e. The Hall–Kier alpha value is -2.27. The SMILES string of the molecule is CCCOc1cccn(C(C)C(=O)Nc2ccc(Cl)cc2)c1=O. The number of nitrogens with zero attached hydrogens (tertiary/aromatic N) is 1. The van der Waals surface area contributed by atoms with Crippen LogP contribution in [0.4, 0.5) is 5.69 Å². The minimum atomic E-state index is -0.664. The zero-order valence-corrected chi connectivity index (χ0v) is 13.8. The second-order valence-electron chi connectivity index (χ2n) is 5.11. The fraction of sp³-hybridized carbons (Fsp3) is 0.294. The van der Waals surface area contributed by atoms with Crippen molar-refractivity contribution in [2.24, 2.45) is 0 Å². The smallest absolute Gasteiger partial charge is 0.293 e. The lowest BCUT2D eigenvalue weighted by molar-refractivity contribution is -0.118. The van der Waals surface area contributed by atoms with E-state index in [0.29, 0.717) is 17.3 Å². The summed E-state index contributed by atoms with van der Waals surface area (Å²) in [5, 5.41) is 3.35. The highest BCUT2D eigenvalue weighted by Gasteiger charge is 2.17. The van der Waals surface area contributed by atoms with Crippen LogP contribution in [0.1, 0.15) is 26.3 Å². The van der Waals surface area contributed by atoms with E-state index in [9.17, 15) is 9.59 Å². The fourth-order valence-electron chi connectivity index (χ4n) is 2.02. The molecule has 1 aromatic carbocycles. The molecule has 6 heteroatoms. The number of carbonyl (C=O) groups excluding carboxylic acids is 1. The van der Waals surface area contributed by atoms with E-state index in [-0.39, 0.29) is 17.2 Å². The molecule has 0 aliphatic heterocycles. The van der Waals surface area contributed by atoms with Gasteiger partial charge in [-0.15, -0.1) is 0 Å². The van der Waals surface area contributed by atoms with E-state index in [2.05, 4.69) is 5.32 Å². The van der Waals surface area contributed by atoms with Crippen LogP contribution in [0.2, 0.25) is 5.02 Å². The van der Waals surface area contributed by atoms with Crippen molar-refractivity contribution in [3.05, 3.63) is 58.0 Å². The van der Waals surface area contributed by atoms with Crippen molar-refractivity contribution in [3.63, 3.8) is 0 Å². The van der Waals surface area contributed by atoms with Gasteiger partial charge in [-0.05, 0) is 49.7 Å². The van der Waals surface area contributed by atoms with Crippen LogP contribution >= 0.6 is 11.6 Å². The zero-order valence-electron chi connectivity index (χ0n) is 13.1. The molecule has 1 aromatic heterocycles. The molecule has 1 amide bonds. The summed E-state index contributed by atoms with van der Waals surface area (Å²) >= 11 is 5.81. The van der Waals surface area contributed by atoms with Gasteiger partial charge in [-0.25, -0.2) is 0 Å². The Morgan fingerprint density at radius 2 is 2.00 bits per heavy atom. The van der Waals surface area contributed by atoms with E-state index in [1.807, 2.05) is 6.92 Å². The lowest BCUT2D eigenvalue weighted by atomic mass is 10.2. The quantitative estimate of drug-likeness (QED) is 0.879. The molecule has 122 valence electrons. The molecule has 0 aliphatic carbocycles. The van der Waals surface area contributed by atoms with Gasteiger partial charge in [-0.2, -0.15) is 0 Å². The number of benzene rings is 1. The Kier molecular flexibility index (Phi) is 5.82. The number of aromatic nitrogens is 1. The number of pyridine rings is 1. The van der Waals surface area contributed by atoms with Gasteiger partial charge < -0.3 is 14.6 Å². The molecular formula is C17H19ClN2O3. The average molecular weight is 335 g/mol. The molecule has 0 saturated heterocycles. The number of carbonyl (C=O) groups is 1. The first kappa shape index (κ1) is 17.1. The molecular weight excluding hydrogens is 316 g/mol. The number of anilines is 1. The molecule has 0 spiro atoms. The molecule has 0 fully saturated rings. The standard InChI is InChI=1S/C17H19ClN2O3/c1-3-11-23-15-5-4-10-20(17(15)22)12(2)16(21)19-14-8-6-13(18)7-9-14/h4-10,12H,3,11H2,1-2H3,(H,19,21). The summed E-state index contributed by atoms with van der Waals surface area (Å²) in [6, 6.07) is 9.42. The first-order valence-corrected chi connectivity index (χ1v) is 7.81. The number of nitrogens with one attached hydrogen (secondary N) is 1. The van der Waals surface area contributed by atoms with Crippen LogP contribution in [-0.4, -0.2) is 17.1 Å². The lowest BCUT2D eigenvalue weighted by Gasteiger charge is -2.16. The van der Waals surface area contributed by atoms with E-state index in [4.69, 9.17) is 16.3 Å². The van der Waals surface area contributed by atoms with Crippen molar-refractivity contribution >= 4 is 23.2 Å². The van der Waals surface area contributed by atoms with E-state index < -0.39 is 6.04 Å². The van der Waals surface area contributed by atoms with Crippen LogP contribution in [0.5, 0.6) is 5.75 Å². The first-order valence-electron chi connectivity index (χ1n) is 7.43. The number of amides is 1. The molecule has 23 heavy (non-hydrogen) atoms. The molecule has 1 heterocycles. The molecule has 5 nitrogen and oxygen atoms in total. The van der Waals surface area contributed by atoms with Gasteiger partial charge in [0.2, 0.25) is 5.91 Å². The summed E-state index contributed by atoms with van der Waals surface area (Å²) in [6.45, 7) is 4.09. The Morgan fingerprint density at radius 3 is 2.65 bits per heavy atom. The van der Waals surface area contributed by atoms with Crippen molar-refractivity contribution in [2.45, 2.75) is 26.3 Å². The largest absolute Gasteiger partial charge is 0.488 e. The average Bonchev–Trinajstić information content (AvgIpc) is 2.55. The monoisotopic (exact) mass is 334 g/mol. The van der Waals surface area contributed by atoms with Gasteiger partial charge in [0, 0.05) is 16.9 Å². The lowest BCUT2D eigenvalue weighted by Crippen LogP contribution is -2.31. The summed E-state index contributed by atoms with van der Waals surface area (Å²) < 4.78 is 6.77. The number of hydrogen-bond acceptors (Lipinski definition) is 3. The maximum absolute atomic E-state index is 12.4.